The van der Waals surface area contributed by atoms with Crippen LogP contribution >= 0.6 is 11.8 Å². The Morgan fingerprint density at radius 3 is 2.53 bits per heavy atom. The van der Waals surface area contributed by atoms with Gasteiger partial charge >= 0.3 is 0 Å². The molecule has 0 spiro atoms. The highest BCUT2D eigenvalue weighted by Gasteiger charge is 2.19. The maximum atomic E-state index is 6.01. The highest BCUT2D eigenvalue weighted by molar-refractivity contribution is 7.98. The molecule has 1 aromatic carbocycles. The standard InChI is InChI=1S/C14H17NOS/c1-11(15)14(13-8-5-9-16-13)17-10-12-6-3-2-4-7-12/h2-9,11,14H,10,15H2,1H3. The Labute approximate surface area is 106 Å². The van der Waals surface area contributed by atoms with Crippen molar-refractivity contribution in [2.24, 2.45) is 5.73 Å². The molecule has 3 heteroatoms. The van der Waals surface area contributed by atoms with Crippen molar-refractivity contribution in [2.75, 3.05) is 0 Å². The topological polar surface area (TPSA) is 39.2 Å². The van der Waals surface area contributed by atoms with E-state index in [1.54, 1.807) is 6.26 Å². The second-order valence-electron chi connectivity index (χ2n) is 4.09. The van der Waals surface area contributed by atoms with E-state index in [-0.39, 0.29) is 11.3 Å². The van der Waals surface area contributed by atoms with Crippen molar-refractivity contribution in [3.8, 4) is 0 Å². The van der Waals surface area contributed by atoms with E-state index in [0.29, 0.717) is 0 Å². The van der Waals surface area contributed by atoms with Gasteiger partial charge in [-0.2, -0.15) is 0 Å². The number of thioether (sulfide) groups is 1. The SMILES string of the molecule is CC(N)C(SCc1ccccc1)c1ccco1. The van der Waals surface area contributed by atoms with Crippen LogP contribution in [0.3, 0.4) is 0 Å². The molecule has 0 saturated heterocycles. The maximum absolute atomic E-state index is 6.01. The van der Waals surface area contributed by atoms with Gasteiger partial charge in [0, 0.05) is 11.8 Å². The summed E-state index contributed by atoms with van der Waals surface area (Å²) in [6.45, 7) is 2.02. The molecule has 1 aromatic heterocycles. The molecule has 2 nitrogen and oxygen atoms in total. The van der Waals surface area contributed by atoms with Crippen LogP contribution in [0.15, 0.2) is 53.1 Å². The third-order valence-corrected chi connectivity index (χ3v) is 4.09. The summed E-state index contributed by atoms with van der Waals surface area (Å²) in [7, 11) is 0. The van der Waals surface area contributed by atoms with Crippen LogP contribution in [0.4, 0.5) is 0 Å². The molecular weight excluding hydrogens is 230 g/mol. The quantitative estimate of drug-likeness (QED) is 0.877. The van der Waals surface area contributed by atoms with E-state index in [1.165, 1.54) is 5.56 Å². The first-order chi connectivity index (χ1) is 8.27. The van der Waals surface area contributed by atoms with Crippen molar-refractivity contribution in [3.05, 3.63) is 60.1 Å². The second kappa shape index (κ2) is 5.94. The normalized spacial score (nSPS) is 14.5. The Bertz CT molecular complexity index is 425. The van der Waals surface area contributed by atoms with Gasteiger partial charge < -0.3 is 10.2 Å². The monoisotopic (exact) mass is 247 g/mol. The third-order valence-electron chi connectivity index (χ3n) is 2.57. The second-order valence-corrected chi connectivity index (χ2v) is 5.22. The lowest BCUT2D eigenvalue weighted by Crippen LogP contribution is -2.22. The molecule has 2 aromatic rings. The van der Waals surface area contributed by atoms with Crippen LogP contribution < -0.4 is 5.73 Å². The highest BCUT2D eigenvalue weighted by atomic mass is 32.2. The minimum Gasteiger partial charge on any atom is -0.468 e. The molecule has 0 aliphatic heterocycles. The third kappa shape index (κ3) is 3.38. The summed E-state index contributed by atoms with van der Waals surface area (Å²) in [6, 6.07) is 14.4. The lowest BCUT2D eigenvalue weighted by Gasteiger charge is -2.18. The van der Waals surface area contributed by atoms with Crippen molar-refractivity contribution in [2.45, 2.75) is 24.0 Å². The Hall–Kier alpha value is -1.19. The Morgan fingerprint density at radius 1 is 1.18 bits per heavy atom. The van der Waals surface area contributed by atoms with E-state index in [9.17, 15) is 0 Å². The van der Waals surface area contributed by atoms with Gasteiger partial charge in [-0.3, -0.25) is 0 Å². The summed E-state index contributed by atoms with van der Waals surface area (Å²) >= 11 is 1.82. The summed E-state index contributed by atoms with van der Waals surface area (Å²) in [5, 5.41) is 0.213. The lowest BCUT2D eigenvalue weighted by molar-refractivity contribution is 0.486. The van der Waals surface area contributed by atoms with Crippen LogP contribution in [0.2, 0.25) is 0 Å². The predicted molar refractivity (Wildman–Crippen MR) is 72.8 cm³/mol. The Kier molecular flexibility index (Phi) is 4.29. The molecule has 90 valence electrons. The molecule has 0 radical (unpaired) electrons. The number of furan rings is 1. The van der Waals surface area contributed by atoms with Crippen LogP contribution in [-0.4, -0.2) is 6.04 Å². The number of rotatable bonds is 5. The number of benzene rings is 1. The molecule has 0 aliphatic rings. The van der Waals surface area contributed by atoms with E-state index < -0.39 is 0 Å². The molecule has 0 aliphatic carbocycles. The Balaban J connectivity index is 2.00. The van der Waals surface area contributed by atoms with Gasteiger partial charge in [0.05, 0.1) is 11.5 Å². The smallest absolute Gasteiger partial charge is 0.118 e. The van der Waals surface area contributed by atoms with E-state index >= 15 is 0 Å². The van der Waals surface area contributed by atoms with Crippen molar-refractivity contribution >= 4 is 11.8 Å². The molecule has 2 rings (SSSR count). The zero-order chi connectivity index (χ0) is 12.1. The van der Waals surface area contributed by atoms with Gasteiger partial charge in [-0.25, -0.2) is 0 Å². The van der Waals surface area contributed by atoms with Gasteiger partial charge in [0.15, 0.2) is 0 Å². The molecule has 0 fully saturated rings. The fourth-order valence-electron chi connectivity index (χ4n) is 1.71. The van der Waals surface area contributed by atoms with Gasteiger partial charge in [0.2, 0.25) is 0 Å². The minimum atomic E-state index is 0.0786. The van der Waals surface area contributed by atoms with Crippen LogP contribution in [-0.2, 0) is 5.75 Å². The maximum Gasteiger partial charge on any atom is 0.118 e. The van der Waals surface area contributed by atoms with E-state index in [2.05, 4.69) is 24.3 Å². The summed E-state index contributed by atoms with van der Waals surface area (Å²) < 4.78 is 5.44. The number of nitrogens with two attached hydrogens (primary N) is 1. The van der Waals surface area contributed by atoms with Crippen LogP contribution in [0.25, 0.3) is 0 Å². The van der Waals surface area contributed by atoms with E-state index in [0.717, 1.165) is 11.5 Å². The fraction of sp³-hybridized carbons (Fsp3) is 0.286. The molecule has 1 heterocycles. The van der Waals surface area contributed by atoms with Crippen LogP contribution in [0, 0.1) is 0 Å². The van der Waals surface area contributed by atoms with E-state index in [1.807, 2.05) is 36.9 Å². The van der Waals surface area contributed by atoms with Crippen molar-refractivity contribution in [1.82, 2.24) is 0 Å². The zero-order valence-electron chi connectivity index (χ0n) is 9.87. The first-order valence-electron chi connectivity index (χ1n) is 5.72. The number of hydrogen-bond acceptors (Lipinski definition) is 3. The molecule has 17 heavy (non-hydrogen) atoms. The van der Waals surface area contributed by atoms with Gasteiger partial charge in [0.1, 0.15) is 5.76 Å². The molecule has 2 N–H and O–H groups in total. The van der Waals surface area contributed by atoms with Crippen molar-refractivity contribution < 1.29 is 4.42 Å². The average molecular weight is 247 g/mol. The van der Waals surface area contributed by atoms with Gasteiger partial charge in [0.25, 0.3) is 0 Å². The molecule has 2 atom stereocenters. The Morgan fingerprint density at radius 2 is 1.94 bits per heavy atom. The summed E-state index contributed by atoms with van der Waals surface area (Å²) in [5.41, 5.74) is 7.33. The van der Waals surface area contributed by atoms with Crippen LogP contribution in [0.5, 0.6) is 0 Å². The lowest BCUT2D eigenvalue weighted by atomic mass is 10.2. The van der Waals surface area contributed by atoms with Crippen molar-refractivity contribution in [1.29, 1.82) is 0 Å². The zero-order valence-corrected chi connectivity index (χ0v) is 10.7. The summed E-state index contributed by atoms with van der Waals surface area (Å²) in [5.74, 6) is 1.91. The molecule has 0 saturated carbocycles. The molecule has 0 amide bonds. The highest BCUT2D eigenvalue weighted by Crippen LogP contribution is 2.33. The molecule has 0 bridgehead atoms. The van der Waals surface area contributed by atoms with Crippen LogP contribution in [0.1, 0.15) is 23.5 Å². The predicted octanol–water partition coefficient (Wildman–Crippen LogP) is 3.60. The fourth-order valence-corrected chi connectivity index (χ4v) is 2.87. The van der Waals surface area contributed by atoms with E-state index in [4.69, 9.17) is 10.2 Å². The average Bonchev–Trinajstić information content (AvgIpc) is 2.84. The van der Waals surface area contributed by atoms with Crippen molar-refractivity contribution in [3.63, 3.8) is 0 Å². The van der Waals surface area contributed by atoms with Gasteiger partial charge in [-0.15, -0.1) is 11.8 Å². The van der Waals surface area contributed by atoms with Gasteiger partial charge in [-0.1, -0.05) is 30.3 Å². The molecular formula is C14H17NOS. The summed E-state index contributed by atoms with van der Waals surface area (Å²) in [6.07, 6.45) is 1.70. The number of hydrogen-bond donors (Lipinski definition) is 1. The molecule has 2 unspecified atom stereocenters. The minimum absolute atomic E-state index is 0.0786. The van der Waals surface area contributed by atoms with Gasteiger partial charge in [-0.05, 0) is 24.6 Å². The summed E-state index contributed by atoms with van der Waals surface area (Å²) in [4.78, 5) is 0. The largest absolute Gasteiger partial charge is 0.468 e. The first-order valence-corrected chi connectivity index (χ1v) is 6.77. The first kappa shape index (κ1) is 12.3.